The molecule has 0 spiro atoms. The van der Waals surface area contributed by atoms with Crippen molar-refractivity contribution in [2.75, 3.05) is 0 Å². The van der Waals surface area contributed by atoms with Gasteiger partial charge in [0.25, 0.3) is 0 Å². The van der Waals surface area contributed by atoms with E-state index in [1.807, 2.05) is 6.92 Å². The molecule has 3 atom stereocenters. The minimum Gasteiger partial charge on any atom is -0.490 e. The van der Waals surface area contributed by atoms with E-state index in [9.17, 15) is 4.39 Å². The van der Waals surface area contributed by atoms with Crippen molar-refractivity contribution in [3.05, 3.63) is 29.1 Å². The third-order valence-corrected chi connectivity index (χ3v) is 3.96. The lowest BCUT2D eigenvalue weighted by Crippen LogP contribution is -2.25. The molecule has 1 aromatic carbocycles. The van der Waals surface area contributed by atoms with Crippen molar-refractivity contribution in [3.63, 3.8) is 0 Å². The molecular formula is C16H24FNO. The fourth-order valence-electron chi connectivity index (χ4n) is 2.79. The number of hydrogen-bond donors (Lipinski definition) is 1. The van der Waals surface area contributed by atoms with Gasteiger partial charge in [-0.25, -0.2) is 4.39 Å². The highest BCUT2D eigenvalue weighted by molar-refractivity contribution is 5.40. The lowest BCUT2D eigenvalue weighted by atomic mass is 9.88. The molecule has 2 nitrogen and oxygen atoms in total. The zero-order valence-corrected chi connectivity index (χ0v) is 12.1. The maximum absolute atomic E-state index is 13.6. The number of aryl methyl sites for hydroxylation is 1. The lowest BCUT2D eigenvalue weighted by molar-refractivity contribution is 0.127. The Bertz CT molecular complexity index is 445. The number of halogens is 1. The molecule has 1 aliphatic carbocycles. The van der Waals surface area contributed by atoms with Gasteiger partial charge in [-0.15, -0.1) is 0 Å². The standard InChI is InChI=1S/C16H24FNO/c1-10-5-4-6-13(7-10)19-16-8-11(2)15(17)9-14(16)12(3)18/h8-10,12-13H,4-7,18H2,1-3H3/t10?,12-,13?/m0/s1. The van der Waals surface area contributed by atoms with E-state index in [4.69, 9.17) is 10.5 Å². The maximum atomic E-state index is 13.6. The summed E-state index contributed by atoms with van der Waals surface area (Å²) in [5, 5.41) is 0. The Hall–Kier alpha value is -1.09. The fraction of sp³-hybridized carbons (Fsp3) is 0.625. The van der Waals surface area contributed by atoms with Crippen molar-refractivity contribution < 1.29 is 9.13 Å². The average Bonchev–Trinajstić information content (AvgIpc) is 2.33. The van der Waals surface area contributed by atoms with Gasteiger partial charge >= 0.3 is 0 Å². The molecule has 1 saturated carbocycles. The van der Waals surface area contributed by atoms with E-state index in [1.54, 1.807) is 13.0 Å². The second-order valence-corrected chi connectivity index (χ2v) is 5.94. The molecule has 1 fully saturated rings. The molecule has 0 heterocycles. The normalized spacial score (nSPS) is 25.1. The SMILES string of the molecule is Cc1cc(OC2CCCC(C)C2)c([C@H](C)N)cc1F. The fourth-order valence-corrected chi connectivity index (χ4v) is 2.79. The van der Waals surface area contributed by atoms with Crippen LogP contribution < -0.4 is 10.5 Å². The van der Waals surface area contributed by atoms with E-state index >= 15 is 0 Å². The second-order valence-electron chi connectivity index (χ2n) is 5.94. The van der Waals surface area contributed by atoms with Crippen LogP contribution in [0.2, 0.25) is 0 Å². The Kier molecular flexibility index (Phi) is 4.46. The molecule has 0 saturated heterocycles. The van der Waals surface area contributed by atoms with Crippen molar-refractivity contribution in [2.24, 2.45) is 11.7 Å². The van der Waals surface area contributed by atoms with Crippen LogP contribution in [-0.4, -0.2) is 6.10 Å². The Labute approximate surface area is 115 Å². The lowest BCUT2D eigenvalue weighted by Gasteiger charge is -2.29. The molecule has 3 heteroatoms. The molecule has 0 amide bonds. The maximum Gasteiger partial charge on any atom is 0.126 e. The predicted octanol–water partition coefficient (Wildman–Crippen LogP) is 4.11. The summed E-state index contributed by atoms with van der Waals surface area (Å²) in [6, 6.07) is 3.08. The van der Waals surface area contributed by atoms with Crippen LogP contribution in [0.15, 0.2) is 12.1 Å². The van der Waals surface area contributed by atoms with Crippen molar-refractivity contribution >= 4 is 0 Å². The van der Waals surface area contributed by atoms with E-state index in [0.29, 0.717) is 11.5 Å². The van der Waals surface area contributed by atoms with Gasteiger partial charge in [0.1, 0.15) is 11.6 Å². The first-order valence-corrected chi connectivity index (χ1v) is 7.19. The first-order chi connectivity index (χ1) is 8.97. The van der Waals surface area contributed by atoms with E-state index < -0.39 is 0 Å². The summed E-state index contributed by atoms with van der Waals surface area (Å²) in [6.45, 7) is 5.88. The van der Waals surface area contributed by atoms with E-state index in [2.05, 4.69) is 6.92 Å². The summed E-state index contributed by atoms with van der Waals surface area (Å²) < 4.78 is 19.8. The van der Waals surface area contributed by atoms with E-state index in [0.717, 1.165) is 24.2 Å². The van der Waals surface area contributed by atoms with Gasteiger partial charge in [-0.3, -0.25) is 0 Å². The van der Waals surface area contributed by atoms with Gasteiger partial charge in [0.15, 0.2) is 0 Å². The smallest absolute Gasteiger partial charge is 0.126 e. The Morgan fingerprint density at radius 2 is 2.11 bits per heavy atom. The van der Waals surface area contributed by atoms with Gasteiger partial charge in [-0.2, -0.15) is 0 Å². The second kappa shape index (κ2) is 5.91. The monoisotopic (exact) mass is 265 g/mol. The van der Waals surface area contributed by atoms with Crippen molar-refractivity contribution in [2.45, 2.75) is 58.6 Å². The average molecular weight is 265 g/mol. The number of benzene rings is 1. The van der Waals surface area contributed by atoms with Crippen LogP contribution in [-0.2, 0) is 0 Å². The summed E-state index contributed by atoms with van der Waals surface area (Å²) in [5.41, 5.74) is 7.30. The van der Waals surface area contributed by atoms with Gasteiger partial charge in [0.2, 0.25) is 0 Å². The number of ether oxygens (including phenoxy) is 1. The molecular weight excluding hydrogens is 241 g/mol. The molecule has 0 aliphatic heterocycles. The molecule has 0 radical (unpaired) electrons. The zero-order chi connectivity index (χ0) is 14.0. The third-order valence-electron chi connectivity index (χ3n) is 3.96. The zero-order valence-electron chi connectivity index (χ0n) is 12.1. The highest BCUT2D eigenvalue weighted by Gasteiger charge is 2.22. The van der Waals surface area contributed by atoms with Crippen LogP contribution in [0, 0.1) is 18.7 Å². The minimum atomic E-state index is -0.217. The van der Waals surface area contributed by atoms with Crippen LogP contribution in [0.4, 0.5) is 4.39 Å². The molecule has 2 N–H and O–H groups in total. The highest BCUT2D eigenvalue weighted by Crippen LogP contribution is 2.32. The highest BCUT2D eigenvalue weighted by atomic mass is 19.1. The number of hydrogen-bond acceptors (Lipinski definition) is 2. The largest absolute Gasteiger partial charge is 0.490 e. The van der Waals surface area contributed by atoms with Crippen LogP contribution in [0.1, 0.15) is 56.7 Å². The van der Waals surface area contributed by atoms with Crippen LogP contribution >= 0.6 is 0 Å². The van der Waals surface area contributed by atoms with Gasteiger partial charge in [0, 0.05) is 11.6 Å². The minimum absolute atomic E-state index is 0.211. The Balaban J connectivity index is 2.20. The van der Waals surface area contributed by atoms with Gasteiger partial charge in [0.05, 0.1) is 6.10 Å². The quantitative estimate of drug-likeness (QED) is 0.892. The van der Waals surface area contributed by atoms with Crippen molar-refractivity contribution in [3.8, 4) is 5.75 Å². The topological polar surface area (TPSA) is 35.2 Å². The summed E-state index contributed by atoms with van der Waals surface area (Å²) in [4.78, 5) is 0. The van der Waals surface area contributed by atoms with Crippen LogP contribution in [0.5, 0.6) is 5.75 Å². The molecule has 1 aliphatic rings. The van der Waals surface area contributed by atoms with E-state index in [-0.39, 0.29) is 18.0 Å². The summed E-state index contributed by atoms with van der Waals surface area (Å²) in [7, 11) is 0. The first-order valence-electron chi connectivity index (χ1n) is 7.19. The molecule has 1 aromatic rings. The van der Waals surface area contributed by atoms with Crippen molar-refractivity contribution in [1.82, 2.24) is 0 Å². The Morgan fingerprint density at radius 3 is 2.74 bits per heavy atom. The molecule has 106 valence electrons. The number of nitrogens with two attached hydrogens (primary N) is 1. The molecule has 2 unspecified atom stereocenters. The molecule has 19 heavy (non-hydrogen) atoms. The summed E-state index contributed by atoms with van der Waals surface area (Å²) in [6.07, 6.45) is 4.89. The number of rotatable bonds is 3. The van der Waals surface area contributed by atoms with Gasteiger partial charge in [-0.05, 0) is 56.7 Å². The molecule has 2 rings (SSSR count). The van der Waals surface area contributed by atoms with Crippen LogP contribution in [0.25, 0.3) is 0 Å². The summed E-state index contributed by atoms with van der Waals surface area (Å²) in [5.74, 6) is 1.25. The Morgan fingerprint density at radius 1 is 1.37 bits per heavy atom. The first kappa shape index (κ1) is 14.3. The predicted molar refractivity (Wildman–Crippen MR) is 75.8 cm³/mol. The van der Waals surface area contributed by atoms with Gasteiger partial charge in [-0.1, -0.05) is 13.3 Å². The molecule has 0 aromatic heterocycles. The van der Waals surface area contributed by atoms with Crippen molar-refractivity contribution in [1.29, 1.82) is 0 Å². The van der Waals surface area contributed by atoms with E-state index in [1.165, 1.54) is 18.9 Å². The summed E-state index contributed by atoms with van der Waals surface area (Å²) >= 11 is 0. The third kappa shape index (κ3) is 3.47. The molecule has 0 bridgehead atoms. The van der Waals surface area contributed by atoms with Crippen LogP contribution in [0.3, 0.4) is 0 Å². The van der Waals surface area contributed by atoms with Gasteiger partial charge < -0.3 is 10.5 Å².